The molecule has 14 heteroatoms. The van der Waals surface area contributed by atoms with Crippen LogP contribution in [0.15, 0.2) is 48.6 Å². The van der Waals surface area contributed by atoms with E-state index in [-0.39, 0.29) is 12.8 Å². The van der Waals surface area contributed by atoms with Gasteiger partial charge < -0.3 is 39.9 Å². The first-order valence-corrected chi connectivity index (χ1v) is 21.9. The first kappa shape index (κ1) is 50.8. The van der Waals surface area contributed by atoms with Crippen LogP contribution in [0, 0.1) is 0 Å². The Kier molecular flexibility index (Phi) is 29.4. The van der Waals surface area contributed by atoms with E-state index in [0.717, 1.165) is 70.6 Å². The molecule has 0 aromatic carbocycles. The van der Waals surface area contributed by atoms with E-state index in [1.807, 2.05) is 0 Å². The van der Waals surface area contributed by atoms with Crippen LogP contribution in [0.5, 0.6) is 0 Å². The van der Waals surface area contributed by atoms with Crippen LogP contribution in [-0.4, -0.2) is 98.3 Å². The van der Waals surface area contributed by atoms with Crippen molar-refractivity contribution in [1.82, 2.24) is 0 Å². The molecular weight excluding hydrogens is 731 g/mol. The maximum atomic E-state index is 12.7. The van der Waals surface area contributed by atoms with Gasteiger partial charge in [-0.1, -0.05) is 107 Å². The first-order chi connectivity index (χ1) is 26.4. The second-order valence-corrected chi connectivity index (χ2v) is 15.5. The molecule has 0 heterocycles. The summed E-state index contributed by atoms with van der Waals surface area (Å²) >= 11 is 0. The molecule has 0 aromatic heterocycles. The zero-order chi connectivity index (χ0) is 40.7. The van der Waals surface area contributed by atoms with E-state index in [4.69, 9.17) is 18.5 Å². The van der Waals surface area contributed by atoms with Crippen molar-refractivity contribution in [2.75, 3.05) is 13.2 Å². The molecule has 55 heavy (non-hydrogen) atoms. The molecule has 1 fully saturated rings. The third-order valence-corrected chi connectivity index (χ3v) is 10.1. The standard InChI is InChI=1S/C41H71O13P/c1-3-5-7-9-11-13-15-16-17-18-20-21-23-25-27-29-34(42)51-31-33(53-35(43)30-28-26-24-22-19-14-12-10-8-6-4-2)32-52-55(49,50)54-41-39(47)37(45)36(44)38(46)40(41)48/h10-13,16-17,20-21,33,36-41,44-48H,3-9,14-15,18-19,22-32H2,1-2H3,(H,49,50)/b12-10-,13-11-,17-16-,21-20-/t33-,36?,37-,38?,39?,40?,41?/m1/s1. The number of phosphoric ester groups is 1. The topological polar surface area (TPSA) is 210 Å². The molecule has 1 rings (SSSR count). The number of rotatable bonds is 32. The van der Waals surface area contributed by atoms with E-state index < -0.39 is 75.7 Å². The SMILES string of the molecule is CCCC/C=C\CCCCCCCC(=O)O[C@H](COC(=O)CCCC/C=C\C/C=C\C/C=C\CCCCC)COP(=O)(O)OC1C(O)C(O)C(O)[C@@H](O)C1O. The maximum Gasteiger partial charge on any atom is 0.472 e. The minimum absolute atomic E-state index is 0.0761. The summed E-state index contributed by atoms with van der Waals surface area (Å²) in [6.45, 7) is 3.15. The summed E-state index contributed by atoms with van der Waals surface area (Å²) in [7, 11) is -5.12. The van der Waals surface area contributed by atoms with Crippen molar-refractivity contribution in [3.05, 3.63) is 48.6 Å². The predicted octanol–water partition coefficient (Wildman–Crippen LogP) is 6.83. The highest BCUT2D eigenvalue weighted by Crippen LogP contribution is 2.47. The number of allylic oxidation sites excluding steroid dienone is 8. The summed E-state index contributed by atoms with van der Waals surface area (Å²) in [5, 5.41) is 50.0. The van der Waals surface area contributed by atoms with E-state index in [9.17, 15) is 44.6 Å². The fourth-order valence-electron chi connectivity index (χ4n) is 5.74. The second kappa shape index (κ2) is 31.8. The van der Waals surface area contributed by atoms with Gasteiger partial charge in [-0.05, 0) is 70.6 Å². The van der Waals surface area contributed by atoms with Crippen molar-refractivity contribution in [2.45, 2.75) is 185 Å². The van der Waals surface area contributed by atoms with Gasteiger partial charge in [0, 0.05) is 12.8 Å². The lowest BCUT2D eigenvalue weighted by molar-refractivity contribution is -0.220. The molecule has 318 valence electrons. The molecule has 1 aliphatic rings. The number of esters is 2. The van der Waals surface area contributed by atoms with Gasteiger partial charge in [-0.15, -0.1) is 0 Å². The Bertz CT molecular complexity index is 1160. The molecule has 0 aliphatic heterocycles. The van der Waals surface area contributed by atoms with Crippen LogP contribution in [-0.2, 0) is 32.7 Å². The van der Waals surface area contributed by atoms with Gasteiger partial charge in [0.25, 0.3) is 0 Å². The Morgan fingerprint density at radius 1 is 0.564 bits per heavy atom. The molecule has 0 bridgehead atoms. The van der Waals surface area contributed by atoms with Gasteiger partial charge >= 0.3 is 19.8 Å². The molecule has 13 nitrogen and oxygen atoms in total. The number of hydrogen-bond acceptors (Lipinski definition) is 12. The van der Waals surface area contributed by atoms with E-state index >= 15 is 0 Å². The summed E-state index contributed by atoms with van der Waals surface area (Å²) in [6, 6.07) is 0. The number of aliphatic hydroxyl groups is 5. The normalized spacial score (nSPS) is 23.6. The number of aliphatic hydroxyl groups excluding tert-OH is 5. The van der Waals surface area contributed by atoms with Gasteiger partial charge in [0.05, 0.1) is 6.61 Å². The predicted molar refractivity (Wildman–Crippen MR) is 212 cm³/mol. The highest BCUT2D eigenvalue weighted by atomic mass is 31.2. The summed E-state index contributed by atoms with van der Waals surface area (Å²) in [4.78, 5) is 35.5. The summed E-state index contributed by atoms with van der Waals surface area (Å²) in [5.41, 5.74) is 0. The first-order valence-electron chi connectivity index (χ1n) is 20.4. The largest absolute Gasteiger partial charge is 0.472 e. The lowest BCUT2D eigenvalue weighted by Crippen LogP contribution is -2.64. The summed E-state index contributed by atoms with van der Waals surface area (Å²) < 4.78 is 33.3. The van der Waals surface area contributed by atoms with Gasteiger partial charge in [0.15, 0.2) is 6.10 Å². The van der Waals surface area contributed by atoms with Crippen LogP contribution >= 0.6 is 7.82 Å². The monoisotopic (exact) mass is 802 g/mol. The molecule has 8 atom stereocenters. The minimum atomic E-state index is -5.12. The molecule has 1 saturated carbocycles. The van der Waals surface area contributed by atoms with Crippen molar-refractivity contribution >= 4 is 19.8 Å². The number of hydrogen-bond donors (Lipinski definition) is 6. The van der Waals surface area contributed by atoms with E-state index in [2.05, 4.69) is 62.5 Å². The Morgan fingerprint density at radius 2 is 1.00 bits per heavy atom. The van der Waals surface area contributed by atoms with Crippen molar-refractivity contribution in [1.29, 1.82) is 0 Å². The van der Waals surface area contributed by atoms with Crippen molar-refractivity contribution in [2.24, 2.45) is 0 Å². The van der Waals surface area contributed by atoms with Crippen LogP contribution in [0.1, 0.15) is 142 Å². The number of unbranched alkanes of at least 4 members (excludes halogenated alkanes) is 12. The van der Waals surface area contributed by atoms with E-state index in [0.29, 0.717) is 12.8 Å². The van der Waals surface area contributed by atoms with Gasteiger partial charge in [-0.25, -0.2) is 4.57 Å². The van der Waals surface area contributed by atoms with Crippen LogP contribution in [0.2, 0.25) is 0 Å². The van der Waals surface area contributed by atoms with Crippen molar-refractivity contribution < 1.29 is 63.1 Å². The zero-order valence-electron chi connectivity index (χ0n) is 33.2. The Morgan fingerprint density at radius 3 is 1.60 bits per heavy atom. The summed E-state index contributed by atoms with van der Waals surface area (Å²) in [6.07, 6.45) is 21.9. The molecule has 0 saturated heterocycles. The van der Waals surface area contributed by atoms with E-state index in [1.165, 1.54) is 32.1 Å². The van der Waals surface area contributed by atoms with Crippen LogP contribution < -0.4 is 0 Å². The van der Waals surface area contributed by atoms with Crippen LogP contribution in [0.4, 0.5) is 0 Å². The minimum Gasteiger partial charge on any atom is -0.462 e. The Balaban J connectivity index is 2.55. The molecule has 0 radical (unpaired) electrons. The van der Waals surface area contributed by atoms with E-state index in [1.54, 1.807) is 0 Å². The lowest BCUT2D eigenvalue weighted by Gasteiger charge is -2.41. The molecule has 0 spiro atoms. The van der Waals surface area contributed by atoms with Gasteiger partial charge in [-0.2, -0.15) is 0 Å². The maximum absolute atomic E-state index is 12.7. The average Bonchev–Trinajstić information content (AvgIpc) is 3.16. The lowest BCUT2D eigenvalue weighted by atomic mass is 9.85. The third kappa shape index (κ3) is 24.9. The molecule has 0 amide bonds. The third-order valence-electron chi connectivity index (χ3n) is 9.14. The van der Waals surface area contributed by atoms with Crippen molar-refractivity contribution in [3.8, 4) is 0 Å². The fraction of sp³-hybridized carbons (Fsp3) is 0.756. The Hall–Kier alpha value is -2.19. The van der Waals surface area contributed by atoms with Crippen molar-refractivity contribution in [3.63, 3.8) is 0 Å². The fourth-order valence-corrected chi connectivity index (χ4v) is 6.72. The highest BCUT2D eigenvalue weighted by molar-refractivity contribution is 7.47. The number of carbonyl (C=O) groups excluding carboxylic acids is 2. The smallest absolute Gasteiger partial charge is 0.462 e. The highest BCUT2D eigenvalue weighted by Gasteiger charge is 2.51. The zero-order valence-corrected chi connectivity index (χ0v) is 34.1. The molecular formula is C41H71O13P. The quantitative estimate of drug-likeness (QED) is 0.0179. The molecule has 0 aromatic rings. The Labute approximate surface area is 329 Å². The molecule has 1 aliphatic carbocycles. The second-order valence-electron chi connectivity index (χ2n) is 14.1. The average molecular weight is 803 g/mol. The molecule has 6 unspecified atom stereocenters. The van der Waals surface area contributed by atoms with Gasteiger partial charge in [0.2, 0.25) is 0 Å². The molecule has 6 N–H and O–H groups in total. The van der Waals surface area contributed by atoms with Crippen LogP contribution in [0.3, 0.4) is 0 Å². The summed E-state index contributed by atoms with van der Waals surface area (Å²) in [5.74, 6) is -1.16. The number of ether oxygens (including phenoxy) is 2. The van der Waals surface area contributed by atoms with Crippen LogP contribution in [0.25, 0.3) is 0 Å². The number of carbonyl (C=O) groups is 2. The van der Waals surface area contributed by atoms with Gasteiger partial charge in [0.1, 0.15) is 43.2 Å². The number of phosphoric acid groups is 1. The van der Waals surface area contributed by atoms with Gasteiger partial charge in [-0.3, -0.25) is 18.6 Å².